The van der Waals surface area contributed by atoms with Crippen molar-refractivity contribution in [1.82, 2.24) is 10.3 Å². The fourth-order valence-electron chi connectivity index (χ4n) is 3.08. The minimum atomic E-state index is -4.43. The minimum absolute atomic E-state index is 0.159. The first kappa shape index (κ1) is 16.3. The molecule has 2 heterocycles. The summed E-state index contributed by atoms with van der Waals surface area (Å²) in [5.41, 5.74) is 3.54. The third kappa shape index (κ3) is 2.45. The van der Waals surface area contributed by atoms with Gasteiger partial charge in [0, 0.05) is 23.7 Å². The Morgan fingerprint density at radius 3 is 2.38 bits per heavy atom. The Kier molecular flexibility index (Phi) is 3.40. The van der Waals surface area contributed by atoms with Crippen LogP contribution in [-0.2, 0) is 6.18 Å². The second-order valence-electron chi connectivity index (χ2n) is 6.01. The van der Waals surface area contributed by atoms with E-state index in [4.69, 9.17) is 0 Å². The molecule has 0 amide bonds. The van der Waals surface area contributed by atoms with Gasteiger partial charge in [-0.15, -0.1) is 0 Å². The van der Waals surface area contributed by atoms with Crippen molar-refractivity contribution in [1.29, 1.82) is 0 Å². The van der Waals surface area contributed by atoms with Crippen LogP contribution in [0.2, 0.25) is 0 Å². The summed E-state index contributed by atoms with van der Waals surface area (Å²) in [4.78, 5) is 1.63. The second kappa shape index (κ2) is 5.42. The summed E-state index contributed by atoms with van der Waals surface area (Å²) in [5.74, 6) is -0.545. The Bertz CT molecular complexity index is 1040. The second-order valence-corrected chi connectivity index (χ2v) is 6.01. The molecule has 0 spiro atoms. The molecule has 26 heavy (non-hydrogen) atoms. The predicted octanol–water partition coefficient (Wildman–Crippen LogP) is 2.39. The molecule has 2 N–H and O–H groups in total. The van der Waals surface area contributed by atoms with E-state index >= 15 is 0 Å². The number of likely N-dealkylation sites (N-methyl/N-ethyl adjacent to an activating group) is 1. The summed E-state index contributed by atoms with van der Waals surface area (Å²) in [6.45, 7) is 0. The van der Waals surface area contributed by atoms with Gasteiger partial charge in [0.15, 0.2) is 0 Å². The van der Waals surface area contributed by atoms with Gasteiger partial charge < -0.3 is 10.0 Å². The largest absolute Gasteiger partial charge is 0.492 e. The van der Waals surface area contributed by atoms with Gasteiger partial charge in [-0.25, -0.2) is 9.40 Å². The zero-order chi connectivity index (χ0) is 18.6. The molecular weight excluding hydrogens is 350 g/mol. The van der Waals surface area contributed by atoms with E-state index in [1.807, 2.05) is 0 Å². The van der Waals surface area contributed by atoms with Crippen LogP contribution in [0.25, 0.3) is 11.9 Å². The van der Waals surface area contributed by atoms with Crippen LogP contribution in [0, 0.1) is 5.82 Å². The number of rotatable bonds is 1. The van der Waals surface area contributed by atoms with Crippen LogP contribution in [0.4, 0.5) is 23.2 Å². The van der Waals surface area contributed by atoms with E-state index < -0.39 is 11.7 Å². The van der Waals surface area contributed by atoms with Gasteiger partial charge in [0.25, 0.3) is 0 Å². The quantitative estimate of drug-likeness (QED) is 0.764. The molecule has 2 aliphatic rings. The topological polar surface area (TPSA) is 38.7 Å². The Morgan fingerprint density at radius 2 is 1.73 bits per heavy atom. The van der Waals surface area contributed by atoms with Crippen molar-refractivity contribution in [2.45, 2.75) is 6.18 Å². The van der Waals surface area contributed by atoms with Gasteiger partial charge in [-0.3, -0.25) is 5.43 Å². The lowest BCUT2D eigenvalue weighted by Crippen LogP contribution is -2.40. The van der Waals surface area contributed by atoms with E-state index in [1.165, 1.54) is 29.3 Å². The number of halogens is 4. The first-order chi connectivity index (χ1) is 12.3. The van der Waals surface area contributed by atoms with Crippen LogP contribution in [0.15, 0.2) is 54.0 Å². The van der Waals surface area contributed by atoms with Crippen molar-refractivity contribution < 1.29 is 22.7 Å². The smallest absolute Gasteiger partial charge is 0.416 e. The fraction of sp³-hybridized carbons (Fsp3) is 0.111. The highest BCUT2D eigenvalue weighted by molar-refractivity contribution is 5.75. The fourth-order valence-corrected chi connectivity index (χ4v) is 3.08. The molecular formula is C18H13F4N3O. The molecule has 0 saturated carbocycles. The molecule has 2 aromatic carbocycles. The van der Waals surface area contributed by atoms with Gasteiger partial charge in [0.05, 0.1) is 16.9 Å². The molecule has 2 aromatic rings. The number of aliphatic hydroxyl groups is 1. The maximum Gasteiger partial charge on any atom is 0.416 e. The zero-order valence-electron chi connectivity index (χ0n) is 13.5. The average Bonchev–Trinajstić information content (AvgIpc) is 2.92. The highest BCUT2D eigenvalue weighted by Gasteiger charge is 2.33. The van der Waals surface area contributed by atoms with E-state index in [9.17, 15) is 22.7 Å². The summed E-state index contributed by atoms with van der Waals surface area (Å²) in [7, 11) is 1.69. The van der Waals surface area contributed by atoms with Crippen molar-refractivity contribution in [3.63, 3.8) is 0 Å². The molecule has 4 rings (SSSR count). The summed E-state index contributed by atoms with van der Waals surface area (Å²) >= 11 is 0. The van der Waals surface area contributed by atoms with Crippen LogP contribution in [0.3, 0.4) is 0 Å². The number of aliphatic hydroxyl groups excluding tert-OH is 1. The number of nitrogens with one attached hydrogen (secondary N) is 1. The normalized spacial score (nSPS) is 16.3. The lowest BCUT2D eigenvalue weighted by Gasteiger charge is -2.20. The maximum absolute atomic E-state index is 13.5. The van der Waals surface area contributed by atoms with Gasteiger partial charge in [0.1, 0.15) is 11.5 Å². The number of anilines is 1. The molecule has 0 aromatic heterocycles. The molecule has 0 saturated heterocycles. The molecule has 0 atom stereocenters. The van der Waals surface area contributed by atoms with E-state index in [-0.39, 0.29) is 11.7 Å². The van der Waals surface area contributed by atoms with E-state index in [0.29, 0.717) is 27.5 Å². The number of hydrogen-bond acceptors (Lipinski definition) is 4. The first-order valence-corrected chi connectivity index (χ1v) is 7.68. The van der Waals surface area contributed by atoms with Gasteiger partial charge in [0.2, 0.25) is 5.88 Å². The van der Waals surface area contributed by atoms with Crippen LogP contribution in [-0.4, -0.2) is 17.1 Å². The lowest BCUT2D eigenvalue weighted by molar-refractivity contribution is -0.137. The molecule has 134 valence electrons. The predicted molar refractivity (Wildman–Crippen MR) is 88.0 cm³/mol. The Hall–Kier alpha value is -3.16. The number of fused-ring (bicyclic) bond motifs is 2. The highest BCUT2D eigenvalue weighted by Crippen LogP contribution is 2.33. The van der Waals surface area contributed by atoms with Crippen molar-refractivity contribution in [3.8, 4) is 0 Å². The number of alkyl halides is 3. The van der Waals surface area contributed by atoms with E-state index in [2.05, 4.69) is 5.43 Å². The van der Waals surface area contributed by atoms with E-state index in [1.54, 1.807) is 24.2 Å². The molecule has 0 bridgehead atoms. The van der Waals surface area contributed by atoms with Crippen molar-refractivity contribution >= 4 is 17.6 Å². The third-order valence-electron chi connectivity index (χ3n) is 4.31. The highest BCUT2D eigenvalue weighted by atomic mass is 19.4. The Labute approximate surface area is 145 Å². The number of hydrogen-bond donors (Lipinski definition) is 2. The van der Waals surface area contributed by atoms with Crippen molar-refractivity contribution in [2.24, 2.45) is 0 Å². The summed E-state index contributed by atoms with van der Waals surface area (Å²) < 4.78 is 51.7. The standard InChI is InChI=1S/C18H13F4N3O/c1-24-9-10-8-12(19)4-7-14(10)15-16(24)17(26)25(23-15)13-5-2-11(3-6-13)18(20,21)22/h2-9,23,26H,1H3. The summed E-state index contributed by atoms with van der Waals surface area (Å²) in [6, 6.07) is 8.68. The van der Waals surface area contributed by atoms with Crippen LogP contribution in [0.1, 0.15) is 5.56 Å². The number of nitrogens with zero attached hydrogens (tertiary/aromatic N) is 2. The zero-order valence-corrected chi connectivity index (χ0v) is 13.5. The number of hydrazine groups is 1. The maximum atomic E-state index is 13.5. The third-order valence-corrected chi connectivity index (χ3v) is 4.31. The van der Waals surface area contributed by atoms with Gasteiger partial charge >= 0.3 is 6.18 Å². The summed E-state index contributed by atoms with van der Waals surface area (Å²) in [6.07, 6.45) is -2.76. The molecule has 2 aliphatic heterocycles. The molecule has 0 fully saturated rings. The molecule has 0 unspecified atom stereocenters. The monoisotopic (exact) mass is 363 g/mol. The minimum Gasteiger partial charge on any atom is -0.492 e. The molecule has 4 nitrogen and oxygen atoms in total. The van der Waals surface area contributed by atoms with Crippen LogP contribution in [0.5, 0.6) is 0 Å². The van der Waals surface area contributed by atoms with Gasteiger partial charge in [-0.05, 0) is 42.5 Å². The number of benzene rings is 2. The van der Waals surface area contributed by atoms with Crippen LogP contribution >= 0.6 is 0 Å². The van der Waals surface area contributed by atoms with Gasteiger partial charge in [-0.2, -0.15) is 13.2 Å². The van der Waals surface area contributed by atoms with Gasteiger partial charge in [-0.1, -0.05) is 0 Å². The van der Waals surface area contributed by atoms with E-state index in [0.717, 1.165) is 12.1 Å². The lowest BCUT2D eigenvalue weighted by atomic mass is 10.1. The molecule has 0 aliphatic carbocycles. The van der Waals surface area contributed by atoms with Crippen molar-refractivity contribution in [3.05, 3.63) is 75.9 Å². The molecule has 0 radical (unpaired) electrons. The first-order valence-electron chi connectivity index (χ1n) is 7.68. The Morgan fingerprint density at radius 1 is 1.04 bits per heavy atom. The SMILES string of the molecule is CN1C=c2cc(F)ccc2=C2NN(c3ccc(C(F)(F)F)cc3)C(O)=C21. The molecule has 8 heteroatoms. The van der Waals surface area contributed by atoms with Crippen molar-refractivity contribution in [2.75, 3.05) is 12.1 Å². The summed E-state index contributed by atoms with van der Waals surface area (Å²) in [5, 5.41) is 13.2. The van der Waals surface area contributed by atoms with Crippen LogP contribution < -0.4 is 20.9 Å². The average molecular weight is 363 g/mol. The Balaban J connectivity index is 1.80.